The van der Waals surface area contributed by atoms with Gasteiger partial charge in [0, 0.05) is 17.3 Å². The molecule has 0 amide bonds. The van der Waals surface area contributed by atoms with Gasteiger partial charge in [-0.1, -0.05) is 19.4 Å². The fourth-order valence-corrected chi connectivity index (χ4v) is 4.20. The highest BCUT2D eigenvalue weighted by Crippen LogP contribution is 2.26. The van der Waals surface area contributed by atoms with E-state index in [0.29, 0.717) is 6.61 Å². The lowest BCUT2D eigenvalue weighted by Gasteiger charge is -2.23. The number of hydrogen-bond donors (Lipinski definition) is 1. The van der Waals surface area contributed by atoms with E-state index in [1.165, 1.54) is 10.5 Å². The van der Waals surface area contributed by atoms with Crippen LogP contribution in [0.5, 0.6) is 5.75 Å². The second-order valence-electron chi connectivity index (χ2n) is 8.35. The smallest absolute Gasteiger partial charge is 0.183 e. The van der Waals surface area contributed by atoms with E-state index in [1.807, 2.05) is 19.2 Å². The highest BCUT2D eigenvalue weighted by molar-refractivity contribution is 5.81. The number of pyridine rings is 1. The minimum atomic E-state index is 0.682. The lowest BCUT2D eigenvalue weighted by Crippen LogP contribution is -3.12. The van der Waals surface area contributed by atoms with Gasteiger partial charge in [-0.05, 0) is 31.5 Å². The molecular formula is C24H29N6O2+. The number of aryl methyl sites for hydroxylation is 1. The molecule has 1 aromatic carbocycles. The van der Waals surface area contributed by atoms with Crippen molar-refractivity contribution in [1.29, 1.82) is 0 Å². The summed E-state index contributed by atoms with van der Waals surface area (Å²) in [6.07, 6.45) is 5.67. The third kappa shape index (κ3) is 4.16. The Hall–Kier alpha value is -3.10. The van der Waals surface area contributed by atoms with Gasteiger partial charge in [0.15, 0.2) is 11.5 Å². The number of fused-ring (bicyclic) bond motifs is 3. The molecule has 0 bridgehead atoms. The number of unbranched alkanes of at least 4 members (excludes halogenated alkanes) is 1. The molecule has 0 atom stereocenters. The molecule has 8 heteroatoms. The molecule has 1 fully saturated rings. The summed E-state index contributed by atoms with van der Waals surface area (Å²) in [4.78, 5) is 10.7. The minimum absolute atomic E-state index is 0.682. The van der Waals surface area contributed by atoms with Gasteiger partial charge in [-0.3, -0.25) is 9.38 Å². The van der Waals surface area contributed by atoms with Crippen LogP contribution in [0.3, 0.4) is 0 Å². The maximum Gasteiger partial charge on any atom is 0.183 e. The van der Waals surface area contributed by atoms with Crippen molar-refractivity contribution in [1.82, 2.24) is 24.6 Å². The van der Waals surface area contributed by atoms with Gasteiger partial charge in [0.05, 0.1) is 42.7 Å². The summed E-state index contributed by atoms with van der Waals surface area (Å²) in [6.45, 7) is 9.50. The molecule has 1 aliphatic rings. The molecule has 1 N–H and O–H groups in total. The molecule has 166 valence electrons. The predicted octanol–water partition coefficient (Wildman–Crippen LogP) is 2.24. The van der Waals surface area contributed by atoms with Crippen molar-refractivity contribution in [3.8, 4) is 17.1 Å². The second kappa shape index (κ2) is 9.18. The third-order valence-electron chi connectivity index (χ3n) is 5.95. The van der Waals surface area contributed by atoms with Gasteiger partial charge >= 0.3 is 0 Å². The van der Waals surface area contributed by atoms with Crippen molar-refractivity contribution in [3.05, 3.63) is 47.9 Å². The van der Waals surface area contributed by atoms with E-state index in [-0.39, 0.29) is 0 Å². The van der Waals surface area contributed by atoms with Crippen molar-refractivity contribution in [2.45, 2.75) is 33.2 Å². The van der Waals surface area contributed by atoms with Gasteiger partial charge in [0.2, 0.25) is 0 Å². The molecule has 0 spiro atoms. The normalized spacial score (nSPS) is 14.9. The van der Waals surface area contributed by atoms with E-state index in [1.54, 1.807) is 6.20 Å². The largest absolute Gasteiger partial charge is 0.492 e. The SMILES string of the molecule is CCCCOc1cncc(-c2nnc3c(C)nc4ccc(C[NH+]5CCOCC5)cc4n23)c1. The molecule has 8 nitrogen and oxygen atoms in total. The van der Waals surface area contributed by atoms with Crippen LogP contribution in [-0.4, -0.2) is 57.5 Å². The Morgan fingerprint density at radius 1 is 1.12 bits per heavy atom. The number of nitrogens with one attached hydrogen (secondary N) is 1. The zero-order valence-corrected chi connectivity index (χ0v) is 18.7. The average Bonchev–Trinajstić information content (AvgIpc) is 3.27. The quantitative estimate of drug-likeness (QED) is 0.451. The molecule has 5 rings (SSSR count). The van der Waals surface area contributed by atoms with Gasteiger partial charge in [-0.25, -0.2) is 4.98 Å². The number of nitrogens with zero attached hydrogens (tertiary/aromatic N) is 5. The first kappa shape index (κ1) is 20.8. The Morgan fingerprint density at radius 2 is 2.00 bits per heavy atom. The van der Waals surface area contributed by atoms with Crippen molar-refractivity contribution in [3.63, 3.8) is 0 Å². The standard InChI is InChI=1S/C24H28N6O2/c1-3-4-9-32-20-13-19(14-25-15-20)24-28-27-23-17(2)26-21-6-5-18(12-22(21)30(23)24)16-29-7-10-31-11-8-29/h5-6,12-15H,3-4,7-11,16H2,1-2H3/p+1. The number of morpholine rings is 1. The van der Waals surface area contributed by atoms with Crippen LogP contribution in [0.15, 0.2) is 36.7 Å². The highest BCUT2D eigenvalue weighted by atomic mass is 16.5. The van der Waals surface area contributed by atoms with Crippen molar-refractivity contribution < 1.29 is 14.4 Å². The first-order valence-electron chi connectivity index (χ1n) is 11.4. The molecule has 4 aromatic rings. The fourth-order valence-electron chi connectivity index (χ4n) is 4.20. The van der Waals surface area contributed by atoms with E-state index in [2.05, 4.69) is 44.7 Å². The van der Waals surface area contributed by atoms with E-state index < -0.39 is 0 Å². The average molecular weight is 434 g/mol. The van der Waals surface area contributed by atoms with E-state index in [0.717, 1.165) is 85.2 Å². The van der Waals surface area contributed by atoms with Crippen LogP contribution in [0.4, 0.5) is 0 Å². The molecular weight excluding hydrogens is 404 g/mol. The maximum absolute atomic E-state index is 5.87. The van der Waals surface area contributed by atoms with Crippen molar-refractivity contribution in [2.24, 2.45) is 0 Å². The molecule has 0 aliphatic carbocycles. The van der Waals surface area contributed by atoms with E-state index in [4.69, 9.17) is 14.5 Å². The number of quaternary nitrogens is 1. The first-order valence-corrected chi connectivity index (χ1v) is 11.4. The summed E-state index contributed by atoms with van der Waals surface area (Å²) in [5.74, 6) is 1.50. The minimum Gasteiger partial charge on any atom is -0.492 e. The van der Waals surface area contributed by atoms with Crippen molar-refractivity contribution >= 4 is 16.7 Å². The zero-order valence-electron chi connectivity index (χ0n) is 18.7. The van der Waals surface area contributed by atoms with Crippen LogP contribution >= 0.6 is 0 Å². The predicted molar refractivity (Wildman–Crippen MR) is 122 cm³/mol. The molecule has 4 heterocycles. The monoisotopic (exact) mass is 433 g/mol. The Morgan fingerprint density at radius 3 is 2.84 bits per heavy atom. The van der Waals surface area contributed by atoms with Gasteiger partial charge < -0.3 is 14.4 Å². The van der Waals surface area contributed by atoms with Crippen LogP contribution in [0, 0.1) is 6.92 Å². The Kier molecular flexibility index (Phi) is 5.96. The molecule has 0 saturated carbocycles. The van der Waals surface area contributed by atoms with Crippen LogP contribution in [0.1, 0.15) is 31.0 Å². The molecule has 3 aromatic heterocycles. The molecule has 1 aliphatic heterocycles. The highest BCUT2D eigenvalue weighted by Gasteiger charge is 2.18. The summed E-state index contributed by atoms with van der Waals surface area (Å²) in [6, 6.07) is 8.49. The number of aromatic nitrogens is 5. The summed E-state index contributed by atoms with van der Waals surface area (Å²) in [7, 11) is 0. The van der Waals surface area contributed by atoms with Crippen LogP contribution in [-0.2, 0) is 11.3 Å². The van der Waals surface area contributed by atoms with Gasteiger partial charge in [-0.15, -0.1) is 10.2 Å². The lowest BCUT2D eigenvalue weighted by molar-refractivity contribution is -0.921. The number of hydrogen-bond acceptors (Lipinski definition) is 6. The van der Waals surface area contributed by atoms with Crippen LogP contribution in [0.2, 0.25) is 0 Å². The summed E-state index contributed by atoms with van der Waals surface area (Å²) in [5, 5.41) is 8.97. The lowest BCUT2D eigenvalue weighted by atomic mass is 10.1. The first-order chi connectivity index (χ1) is 15.7. The molecule has 1 saturated heterocycles. The zero-order chi connectivity index (χ0) is 21.9. The summed E-state index contributed by atoms with van der Waals surface area (Å²) in [5.41, 5.74) is 5.71. The number of ether oxygens (including phenoxy) is 2. The van der Waals surface area contributed by atoms with Gasteiger partial charge in [0.25, 0.3) is 0 Å². The van der Waals surface area contributed by atoms with Gasteiger partial charge in [-0.2, -0.15) is 0 Å². The molecule has 0 unspecified atom stereocenters. The van der Waals surface area contributed by atoms with Crippen LogP contribution < -0.4 is 9.64 Å². The number of benzene rings is 1. The third-order valence-corrected chi connectivity index (χ3v) is 5.95. The van der Waals surface area contributed by atoms with E-state index in [9.17, 15) is 0 Å². The van der Waals surface area contributed by atoms with E-state index >= 15 is 0 Å². The fraction of sp³-hybridized carbons (Fsp3) is 0.417. The summed E-state index contributed by atoms with van der Waals surface area (Å²) >= 11 is 0. The van der Waals surface area contributed by atoms with Crippen molar-refractivity contribution in [2.75, 3.05) is 32.9 Å². The van der Waals surface area contributed by atoms with Crippen LogP contribution in [0.25, 0.3) is 28.1 Å². The summed E-state index contributed by atoms with van der Waals surface area (Å²) < 4.78 is 13.5. The molecule has 32 heavy (non-hydrogen) atoms. The Labute approximate surface area is 187 Å². The van der Waals surface area contributed by atoms with Gasteiger partial charge in [0.1, 0.15) is 25.4 Å². The maximum atomic E-state index is 5.87. The Balaban J connectivity index is 1.57. The number of rotatable bonds is 7. The Bertz CT molecular complexity index is 1230. The second-order valence-corrected chi connectivity index (χ2v) is 8.35. The molecule has 0 radical (unpaired) electrons. The topological polar surface area (TPSA) is 78.9 Å².